The molecule has 0 radical (unpaired) electrons. The van der Waals surface area contributed by atoms with E-state index >= 15 is 0 Å². The first-order chi connectivity index (χ1) is 15.8. The zero-order valence-corrected chi connectivity index (χ0v) is 18.1. The fourth-order valence-electron chi connectivity index (χ4n) is 2.84. The van der Waals surface area contributed by atoms with Gasteiger partial charge < -0.3 is 10.1 Å². The Kier molecular flexibility index (Phi) is 7.48. The van der Waals surface area contributed by atoms with Gasteiger partial charge in [-0.05, 0) is 61.4 Å². The fraction of sp³-hybridized carbons (Fsp3) is 0.125. The van der Waals surface area contributed by atoms with Crippen LogP contribution in [0.4, 0.5) is 11.4 Å². The van der Waals surface area contributed by atoms with Gasteiger partial charge in [0.2, 0.25) is 0 Å². The van der Waals surface area contributed by atoms with E-state index in [0.717, 1.165) is 11.1 Å². The molecule has 9 heteroatoms. The normalized spacial score (nSPS) is 10.6. The van der Waals surface area contributed by atoms with Gasteiger partial charge in [-0.3, -0.25) is 19.7 Å². The summed E-state index contributed by atoms with van der Waals surface area (Å²) in [5, 5.41) is 17.4. The number of nitro groups is 1. The number of ether oxygens (including phenoxy) is 1. The molecule has 2 amide bonds. The fourth-order valence-corrected chi connectivity index (χ4v) is 2.84. The first-order valence-electron chi connectivity index (χ1n) is 10.0. The number of amides is 2. The number of hydrazone groups is 1. The monoisotopic (exact) mass is 446 g/mol. The van der Waals surface area contributed by atoms with Crippen molar-refractivity contribution in [3.05, 3.63) is 99.1 Å². The van der Waals surface area contributed by atoms with E-state index in [-0.39, 0.29) is 23.8 Å². The zero-order valence-electron chi connectivity index (χ0n) is 18.1. The molecule has 0 aliphatic heterocycles. The summed E-state index contributed by atoms with van der Waals surface area (Å²) in [5.74, 6) is -0.412. The van der Waals surface area contributed by atoms with Gasteiger partial charge in [-0.15, -0.1) is 0 Å². The second kappa shape index (κ2) is 10.7. The number of hydrogen-bond donors (Lipinski definition) is 2. The highest BCUT2D eigenvalue weighted by atomic mass is 16.6. The van der Waals surface area contributed by atoms with Gasteiger partial charge in [0.25, 0.3) is 17.5 Å². The SMILES string of the molecule is Cc1ccc(NC(=O)COc2ccccc2/C=N/NC(=O)c2ccc([N+](=O)[O-])cc2)cc1C. The molecule has 3 aromatic carbocycles. The number of aryl methyl sites for hydroxylation is 2. The molecule has 0 aliphatic rings. The summed E-state index contributed by atoms with van der Waals surface area (Å²) in [7, 11) is 0. The number of hydrogen-bond acceptors (Lipinski definition) is 6. The number of carbonyl (C=O) groups excluding carboxylic acids is 2. The molecule has 3 rings (SSSR count). The summed E-state index contributed by atoms with van der Waals surface area (Å²) in [6.45, 7) is 3.77. The maximum absolute atomic E-state index is 12.3. The van der Waals surface area contributed by atoms with Crippen molar-refractivity contribution < 1.29 is 19.2 Å². The topological polar surface area (TPSA) is 123 Å². The third-order valence-electron chi connectivity index (χ3n) is 4.78. The summed E-state index contributed by atoms with van der Waals surface area (Å²) in [6, 6.07) is 17.7. The van der Waals surface area contributed by atoms with E-state index in [2.05, 4.69) is 15.8 Å². The van der Waals surface area contributed by atoms with E-state index in [1.54, 1.807) is 24.3 Å². The van der Waals surface area contributed by atoms with E-state index in [9.17, 15) is 19.7 Å². The Balaban J connectivity index is 1.57. The molecule has 33 heavy (non-hydrogen) atoms. The highest BCUT2D eigenvalue weighted by Crippen LogP contribution is 2.17. The molecule has 0 saturated carbocycles. The Bertz CT molecular complexity index is 1210. The van der Waals surface area contributed by atoms with E-state index < -0.39 is 10.8 Å². The molecule has 2 N–H and O–H groups in total. The summed E-state index contributed by atoms with van der Waals surface area (Å²) in [5.41, 5.74) is 5.93. The summed E-state index contributed by atoms with van der Waals surface area (Å²) < 4.78 is 5.62. The van der Waals surface area contributed by atoms with Gasteiger partial charge in [-0.2, -0.15) is 5.10 Å². The quantitative estimate of drug-likeness (QED) is 0.308. The van der Waals surface area contributed by atoms with Crippen molar-refractivity contribution in [2.75, 3.05) is 11.9 Å². The van der Waals surface area contributed by atoms with Crippen LogP contribution in [-0.4, -0.2) is 29.6 Å². The van der Waals surface area contributed by atoms with Crippen LogP contribution in [0.25, 0.3) is 0 Å². The molecule has 0 spiro atoms. The Morgan fingerprint density at radius 3 is 2.45 bits per heavy atom. The van der Waals surface area contributed by atoms with Crippen LogP contribution in [0.5, 0.6) is 5.75 Å². The largest absolute Gasteiger partial charge is 0.483 e. The van der Waals surface area contributed by atoms with Crippen LogP contribution < -0.4 is 15.5 Å². The van der Waals surface area contributed by atoms with Crippen molar-refractivity contribution >= 4 is 29.4 Å². The van der Waals surface area contributed by atoms with Crippen LogP contribution in [0, 0.1) is 24.0 Å². The second-order valence-corrected chi connectivity index (χ2v) is 7.18. The molecule has 9 nitrogen and oxygen atoms in total. The molecule has 3 aromatic rings. The molecule has 0 bridgehead atoms. The Hall–Kier alpha value is -4.53. The van der Waals surface area contributed by atoms with Gasteiger partial charge in [-0.1, -0.05) is 18.2 Å². The zero-order chi connectivity index (χ0) is 23.8. The minimum absolute atomic E-state index is 0.109. The number of para-hydroxylation sites is 1. The average Bonchev–Trinajstić information content (AvgIpc) is 2.81. The first-order valence-corrected chi connectivity index (χ1v) is 10.0. The van der Waals surface area contributed by atoms with E-state index in [1.807, 2.05) is 32.0 Å². The molecule has 0 fully saturated rings. The van der Waals surface area contributed by atoms with Crippen molar-refractivity contribution in [1.82, 2.24) is 5.43 Å². The lowest BCUT2D eigenvalue weighted by Crippen LogP contribution is -2.20. The van der Waals surface area contributed by atoms with Gasteiger partial charge >= 0.3 is 0 Å². The highest BCUT2D eigenvalue weighted by Gasteiger charge is 2.10. The minimum atomic E-state index is -0.543. The third kappa shape index (κ3) is 6.47. The van der Waals surface area contributed by atoms with Crippen molar-refractivity contribution in [2.45, 2.75) is 13.8 Å². The number of rotatable bonds is 8. The van der Waals surface area contributed by atoms with Gasteiger partial charge in [0.15, 0.2) is 6.61 Å². The van der Waals surface area contributed by atoms with E-state index in [1.165, 1.54) is 30.5 Å². The highest BCUT2D eigenvalue weighted by molar-refractivity contribution is 5.95. The average molecular weight is 446 g/mol. The molecule has 0 aliphatic carbocycles. The second-order valence-electron chi connectivity index (χ2n) is 7.18. The lowest BCUT2D eigenvalue weighted by molar-refractivity contribution is -0.384. The van der Waals surface area contributed by atoms with Gasteiger partial charge in [0.05, 0.1) is 11.1 Å². The Morgan fingerprint density at radius 2 is 1.76 bits per heavy atom. The van der Waals surface area contributed by atoms with Crippen molar-refractivity contribution in [3.8, 4) is 5.75 Å². The van der Waals surface area contributed by atoms with E-state index in [0.29, 0.717) is 17.0 Å². The predicted molar refractivity (Wildman–Crippen MR) is 125 cm³/mol. The summed E-state index contributed by atoms with van der Waals surface area (Å²) in [6.07, 6.45) is 1.39. The lowest BCUT2D eigenvalue weighted by Gasteiger charge is -2.10. The van der Waals surface area contributed by atoms with Gasteiger partial charge in [0.1, 0.15) is 5.75 Å². The van der Waals surface area contributed by atoms with Crippen LogP contribution in [0.3, 0.4) is 0 Å². The first kappa shape index (κ1) is 23.1. The maximum Gasteiger partial charge on any atom is 0.271 e. The van der Waals surface area contributed by atoms with Crippen LogP contribution in [0.1, 0.15) is 27.0 Å². The number of nitro benzene ring substituents is 1. The number of nitrogens with zero attached hydrogens (tertiary/aromatic N) is 2. The molecular weight excluding hydrogens is 424 g/mol. The van der Waals surface area contributed by atoms with Gasteiger partial charge in [-0.25, -0.2) is 5.43 Å². The third-order valence-corrected chi connectivity index (χ3v) is 4.78. The predicted octanol–water partition coefficient (Wildman–Crippen LogP) is 3.99. The Morgan fingerprint density at radius 1 is 1.03 bits per heavy atom. The molecule has 0 atom stereocenters. The van der Waals surface area contributed by atoms with Crippen molar-refractivity contribution in [3.63, 3.8) is 0 Å². The smallest absolute Gasteiger partial charge is 0.271 e. The van der Waals surface area contributed by atoms with Crippen LogP contribution >= 0.6 is 0 Å². The van der Waals surface area contributed by atoms with Crippen molar-refractivity contribution in [2.24, 2.45) is 5.10 Å². The molecule has 0 unspecified atom stereocenters. The molecular formula is C24H22N4O5. The number of anilines is 1. The molecule has 168 valence electrons. The van der Waals surface area contributed by atoms with Crippen LogP contribution in [0.15, 0.2) is 71.8 Å². The van der Waals surface area contributed by atoms with Crippen LogP contribution in [-0.2, 0) is 4.79 Å². The van der Waals surface area contributed by atoms with E-state index in [4.69, 9.17) is 4.74 Å². The Labute approximate surface area is 190 Å². The van der Waals surface area contributed by atoms with Gasteiger partial charge in [0, 0.05) is 28.9 Å². The molecule has 0 saturated heterocycles. The molecule has 0 heterocycles. The molecule has 0 aromatic heterocycles. The number of carbonyl (C=O) groups is 2. The summed E-state index contributed by atoms with van der Waals surface area (Å²) in [4.78, 5) is 34.6. The summed E-state index contributed by atoms with van der Waals surface area (Å²) >= 11 is 0. The minimum Gasteiger partial charge on any atom is -0.483 e. The lowest BCUT2D eigenvalue weighted by atomic mass is 10.1. The number of nitrogens with one attached hydrogen (secondary N) is 2. The number of benzene rings is 3. The number of non-ortho nitro benzene ring substituents is 1. The van der Waals surface area contributed by atoms with Crippen LogP contribution in [0.2, 0.25) is 0 Å². The van der Waals surface area contributed by atoms with Crippen molar-refractivity contribution in [1.29, 1.82) is 0 Å². The standard InChI is InChI=1S/C24H22N4O5/c1-16-7-10-20(13-17(16)2)26-23(29)15-33-22-6-4-3-5-19(22)14-25-27-24(30)18-8-11-21(12-9-18)28(31)32/h3-14H,15H2,1-2H3,(H,26,29)(H,27,30)/b25-14+. The maximum atomic E-state index is 12.3.